The largest absolute Gasteiger partial charge is 0.463 e. The molecule has 0 spiro atoms. The van der Waals surface area contributed by atoms with Gasteiger partial charge in [-0.05, 0) is 18.2 Å². The predicted octanol–water partition coefficient (Wildman–Crippen LogP) is -0.466. The molecule has 0 aromatic heterocycles. The van der Waals surface area contributed by atoms with Gasteiger partial charge in [0.15, 0.2) is 24.4 Å². The highest BCUT2D eigenvalue weighted by Gasteiger charge is 2.53. The van der Waals surface area contributed by atoms with Crippen LogP contribution >= 0.6 is 0 Å². The zero-order chi connectivity index (χ0) is 41.9. The number of hydrogen-bond acceptors (Lipinski definition) is 19. The molecular formula is C35H44N2O19. The van der Waals surface area contributed by atoms with Crippen LogP contribution < -0.4 is 15.4 Å². The number of carbonyl (C=O) groups excluding carboxylic acids is 9. The minimum Gasteiger partial charge on any atom is -0.463 e. The van der Waals surface area contributed by atoms with E-state index in [2.05, 4.69) is 10.6 Å². The first kappa shape index (κ1) is 44.6. The first-order valence-electron chi connectivity index (χ1n) is 17.0. The van der Waals surface area contributed by atoms with Gasteiger partial charge in [-0.25, -0.2) is 4.79 Å². The summed E-state index contributed by atoms with van der Waals surface area (Å²) in [6.45, 7) is 7.74. The average Bonchev–Trinajstić information content (AvgIpc) is 3.07. The van der Waals surface area contributed by atoms with Gasteiger partial charge in [0.05, 0.1) is 5.56 Å². The summed E-state index contributed by atoms with van der Waals surface area (Å²) < 4.78 is 55.4. The van der Waals surface area contributed by atoms with Crippen LogP contribution in [0.2, 0.25) is 0 Å². The van der Waals surface area contributed by atoms with Crippen LogP contribution in [0.3, 0.4) is 0 Å². The molecule has 0 radical (unpaired) electrons. The molecule has 2 fully saturated rings. The van der Waals surface area contributed by atoms with E-state index in [0.717, 1.165) is 55.4 Å². The van der Waals surface area contributed by atoms with Crippen molar-refractivity contribution in [3.8, 4) is 5.75 Å². The van der Waals surface area contributed by atoms with Crippen molar-refractivity contribution in [1.82, 2.24) is 10.6 Å². The van der Waals surface area contributed by atoms with Crippen LogP contribution in [0.15, 0.2) is 24.3 Å². The van der Waals surface area contributed by atoms with E-state index < -0.39 is 128 Å². The fraction of sp³-hybridized carbons (Fsp3) is 0.571. The lowest BCUT2D eigenvalue weighted by molar-refractivity contribution is -0.263. The maximum absolute atomic E-state index is 13.7. The molecule has 10 unspecified atom stereocenters. The molecule has 2 N–H and O–H groups in total. The Morgan fingerprint density at radius 2 is 0.946 bits per heavy atom. The average molecular weight is 797 g/mol. The molecule has 10 atom stereocenters. The van der Waals surface area contributed by atoms with Crippen LogP contribution in [0.5, 0.6) is 5.75 Å². The standard InChI is InChI=1S/C35H44N2O19/c1-15(38)36-27-31(51-21(7)44)29(49-19(5)42)25(13-47-17(3)40)54-34(27)53-24-11-9-10-23(12-24)33(46)56-35-28(37-16(2)39)32(52-22(8)45)30(50-20(6)43)26(55-35)14-48-18(4)41/h9-12,25-32,34-35H,13-14H2,1-8H3,(H,36,38)(H,37,39). The molecule has 2 saturated heterocycles. The Hall–Kier alpha value is -5.83. The fourth-order valence-corrected chi connectivity index (χ4v) is 5.79. The lowest BCUT2D eigenvalue weighted by Gasteiger charge is -2.44. The number of hydrogen-bond donors (Lipinski definition) is 2. The summed E-state index contributed by atoms with van der Waals surface area (Å²) in [5, 5.41) is 5.04. The molecule has 56 heavy (non-hydrogen) atoms. The number of amides is 2. The van der Waals surface area contributed by atoms with E-state index in [1.165, 1.54) is 24.3 Å². The van der Waals surface area contributed by atoms with Gasteiger partial charge in [0, 0.05) is 55.4 Å². The third-order valence-corrected chi connectivity index (χ3v) is 7.69. The van der Waals surface area contributed by atoms with Crippen LogP contribution in [-0.4, -0.2) is 128 Å². The molecule has 308 valence electrons. The Kier molecular flexibility index (Phi) is 16.1. The van der Waals surface area contributed by atoms with Crippen molar-refractivity contribution < 1.29 is 90.5 Å². The summed E-state index contributed by atoms with van der Waals surface area (Å²) in [4.78, 5) is 110. The molecule has 2 heterocycles. The Balaban J connectivity index is 1.99. The van der Waals surface area contributed by atoms with Crippen molar-refractivity contribution in [2.45, 2.75) is 117 Å². The highest BCUT2D eigenvalue weighted by molar-refractivity contribution is 5.90. The second-order valence-corrected chi connectivity index (χ2v) is 12.5. The van der Waals surface area contributed by atoms with E-state index in [1.807, 2.05) is 0 Å². The van der Waals surface area contributed by atoms with E-state index in [4.69, 9.17) is 47.4 Å². The minimum atomic E-state index is -1.73. The number of esters is 7. The van der Waals surface area contributed by atoms with Gasteiger partial charge in [-0.15, -0.1) is 0 Å². The van der Waals surface area contributed by atoms with Crippen molar-refractivity contribution in [3.05, 3.63) is 29.8 Å². The smallest absolute Gasteiger partial charge is 0.340 e. The Morgan fingerprint density at radius 3 is 1.36 bits per heavy atom. The zero-order valence-electron chi connectivity index (χ0n) is 31.8. The van der Waals surface area contributed by atoms with Crippen molar-refractivity contribution in [3.63, 3.8) is 0 Å². The van der Waals surface area contributed by atoms with Crippen LogP contribution in [0.4, 0.5) is 0 Å². The van der Waals surface area contributed by atoms with Crippen LogP contribution in [-0.2, 0) is 81.0 Å². The molecule has 21 nitrogen and oxygen atoms in total. The van der Waals surface area contributed by atoms with Crippen molar-refractivity contribution in [2.75, 3.05) is 13.2 Å². The van der Waals surface area contributed by atoms with Gasteiger partial charge in [-0.3, -0.25) is 38.4 Å². The van der Waals surface area contributed by atoms with Crippen molar-refractivity contribution in [1.29, 1.82) is 0 Å². The van der Waals surface area contributed by atoms with Gasteiger partial charge in [0.25, 0.3) is 0 Å². The molecule has 0 saturated carbocycles. The Morgan fingerprint density at radius 1 is 0.536 bits per heavy atom. The monoisotopic (exact) mass is 796 g/mol. The zero-order valence-corrected chi connectivity index (χ0v) is 31.8. The van der Waals surface area contributed by atoms with E-state index in [0.29, 0.717) is 0 Å². The molecule has 2 aliphatic heterocycles. The summed E-state index contributed by atoms with van der Waals surface area (Å²) in [6.07, 6.45) is -11.7. The second kappa shape index (κ2) is 20.2. The minimum absolute atomic E-state index is 0.0815. The molecule has 21 heteroatoms. The van der Waals surface area contributed by atoms with Crippen molar-refractivity contribution in [2.24, 2.45) is 0 Å². The molecular weight excluding hydrogens is 752 g/mol. The van der Waals surface area contributed by atoms with Gasteiger partial charge >= 0.3 is 41.8 Å². The number of rotatable bonds is 14. The molecule has 1 aromatic rings. The first-order chi connectivity index (χ1) is 26.2. The highest BCUT2D eigenvalue weighted by atomic mass is 16.7. The molecule has 2 amide bonds. The van der Waals surface area contributed by atoms with Gasteiger partial charge in [-0.1, -0.05) is 6.07 Å². The lowest BCUT2D eigenvalue weighted by atomic mass is 9.96. The van der Waals surface area contributed by atoms with E-state index >= 15 is 0 Å². The topological polar surface area (TPSA) is 270 Å². The maximum atomic E-state index is 13.7. The third-order valence-electron chi connectivity index (χ3n) is 7.69. The van der Waals surface area contributed by atoms with Gasteiger partial charge in [0.2, 0.25) is 24.4 Å². The van der Waals surface area contributed by atoms with Gasteiger partial charge in [-0.2, -0.15) is 0 Å². The van der Waals surface area contributed by atoms with E-state index in [-0.39, 0.29) is 11.3 Å². The molecule has 0 bridgehead atoms. The van der Waals surface area contributed by atoms with Crippen LogP contribution in [0.25, 0.3) is 0 Å². The summed E-state index contributed by atoms with van der Waals surface area (Å²) in [5.74, 6) is -7.26. The summed E-state index contributed by atoms with van der Waals surface area (Å²) in [5.41, 5.74) is -0.187. The number of nitrogens with one attached hydrogen (secondary N) is 2. The Bertz CT molecular complexity index is 1660. The molecule has 0 aliphatic carbocycles. The normalized spacial score (nSPS) is 26.9. The number of ether oxygens (including phenoxy) is 10. The fourth-order valence-electron chi connectivity index (χ4n) is 5.79. The maximum Gasteiger partial charge on any atom is 0.340 e. The highest BCUT2D eigenvalue weighted by Crippen LogP contribution is 2.31. The van der Waals surface area contributed by atoms with Crippen molar-refractivity contribution >= 4 is 53.6 Å². The predicted molar refractivity (Wildman–Crippen MR) is 180 cm³/mol. The summed E-state index contributed by atoms with van der Waals surface area (Å²) >= 11 is 0. The van der Waals surface area contributed by atoms with Crippen LogP contribution in [0, 0.1) is 0 Å². The quantitative estimate of drug-likeness (QED) is 0.178. The first-order valence-corrected chi connectivity index (χ1v) is 17.0. The lowest BCUT2D eigenvalue weighted by Crippen LogP contribution is -2.67. The van der Waals surface area contributed by atoms with Gasteiger partial charge in [0.1, 0.15) is 43.3 Å². The van der Waals surface area contributed by atoms with E-state index in [1.54, 1.807) is 0 Å². The third kappa shape index (κ3) is 13.2. The second-order valence-electron chi connectivity index (χ2n) is 12.5. The number of carbonyl (C=O) groups is 9. The Labute approximate surface area is 320 Å². The van der Waals surface area contributed by atoms with E-state index in [9.17, 15) is 43.2 Å². The summed E-state index contributed by atoms with van der Waals surface area (Å²) in [6, 6.07) is 2.47. The van der Waals surface area contributed by atoms with Crippen LogP contribution in [0.1, 0.15) is 65.7 Å². The SMILES string of the molecule is CC(=O)NC1C(OC(=O)c2cccc(OC3OC(COC(C)=O)C(OC(C)=O)C(OC(C)=O)C3NC(C)=O)c2)OC(COC(C)=O)C(OC(C)=O)C1OC(C)=O. The molecule has 3 rings (SSSR count). The summed E-state index contributed by atoms with van der Waals surface area (Å²) in [7, 11) is 0. The molecule has 1 aromatic carbocycles. The number of benzene rings is 1. The van der Waals surface area contributed by atoms with Gasteiger partial charge < -0.3 is 58.0 Å². The molecule has 2 aliphatic rings.